The Hall–Kier alpha value is -0.770. The SMILES string of the molecule is NCCCCCOCCOc1cccc(Cl)c1. The van der Waals surface area contributed by atoms with Crippen molar-refractivity contribution in [3.05, 3.63) is 29.3 Å². The first kappa shape index (κ1) is 14.3. The molecular formula is C13H20ClNO2. The van der Waals surface area contributed by atoms with Crippen molar-refractivity contribution < 1.29 is 9.47 Å². The normalized spacial score (nSPS) is 10.5. The van der Waals surface area contributed by atoms with Gasteiger partial charge >= 0.3 is 0 Å². The van der Waals surface area contributed by atoms with E-state index >= 15 is 0 Å². The van der Waals surface area contributed by atoms with E-state index in [1.165, 1.54) is 0 Å². The zero-order chi connectivity index (χ0) is 12.3. The molecule has 3 nitrogen and oxygen atoms in total. The Kier molecular flexibility index (Phi) is 7.80. The highest BCUT2D eigenvalue weighted by Gasteiger charge is 1.95. The summed E-state index contributed by atoms with van der Waals surface area (Å²) in [7, 11) is 0. The van der Waals surface area contributed by atoms with Crippen LogP contribution >= 0.6 is 11.6 Å². The molecular weight excluding hydrogens is 238 g/mol. The van der Waals surface area contributed by atoms with Crippen LogP contribution < -0.4 is 10.5 Å². The van der Waals surface area contributed by atoms with E-state index in [9.17, 15) is 0 Å². The fourth-order valence-electron chi connectivity index (χ4n) is 1.40. The van der Waals surface area contributed by atoms with E-state index in [0.29, 0.717) is 18.2 Å². The number of nitrogens with two attached hydrogens (primary N) is 1. The summed E-state index contributed by atoms with van der Waals surface area (Å²) in [5.41, 5.74) is 5.40. The van der Waals surface area contributed by atoms with Crippen LogP contribution in [0.5, 0.6) is 5.75 Å². The van der Waals surface area contributed by atoms with E-state index in [1.54, 1.807) is 6.07 Å². The monoisotopic (exact) mass is 257 g/mol. The van der Waals surface area contributed by atoms with Gasteiger partial charge in [-0.25, -0.2) is 0 Å². The maximum absolute atomic E-state index is 5.83. The van der Waals surface area contributed by atoms with Gasteiger partial charge in [0.2, 0.25) is 0 Å². The van der Waals surface area contributed by atoms with Gasteiger partial charge < -0.3 is 15.2 Å². The second-order valence-corrected chi connectivity index (χ2v) is 4.20. The van der Waals surface area contributed by atoms with Crippen molar-refractivity contribution in [3.63, 3.8) is 0 Å². The van der Waals surface area contributed by atoms with Gasteiger partial charge in [-0.15, -0.1) is 0 Å². The lowest BCUT2D eigenvalue weighted by Crippen LogP contribution is -2.08. The summed E-state index contributed by atoms with van der Waals surface area (Å²) in [5, 5.41) is 0.685. The summed E-state index contributed by atoms with van der Waals surface area (Å²) in [6, 6.07) is 7.36. The van der Waals surface area contributed by atoms with Crippen LogP contribution in [-0.4, -0.2) is 26.4 Å². The maximum atomic E-state index is 5.83. The number of hydrogen-bond donors (Lipinski definition) is 1. The molecule has 1 aromatic rings. The molecule has 0 aliphatic carbocycles. The number of ether oxygens (including phenoxy) is 2. The molecule has 1 rings (SSSR count). The lowest BCUT2D eigenvalue weighted by atomic mass is 10.2. The summed E-state index contributed by atoms with van der Waals surface area (Å²) in [6.07, 6.45) is 3.27. The van der Waals surface area contributed by atoms with Crippen molar-refractivity contribution in [2.75, 3.05) is 26.4 Å². The summed E-state index contributed by atoms with van der Waals surface area (Å²) in [6.45, 7) is 2.70. The van der Waals surface area contributed by atoms with E-state index in [0.717, 1.165) is 38.2 Å². The minimum atomic E-state index is 0.553. The summed E-state index contributed by atoms with van der Waals surface area (Å²) >= 11 is 5.83. The molecule has 0 saturated heterocycles. The molecule has 0 spiro atoms. The highest BCUT2D eigenvalue weighted by Crippen LogP contribution is 2.16. The van der Waals surface area contributed by atoms with Gasteiger partial charge in [0.05, 0.1) is 6.61 Å². The van der Waals surface area contributed by atoms with Gasteiger partial charge in [-0.1, -0.05) is 17.7 Å². The topological polar surface area (TPSA) is 44.5 Å². The van der Waals surface area contributed by atoms with Gasteiger partial charge in [-0.05, 0) is 44.0 Å². The smallest absolute Gasteiger partial charge is 0.120 e. The van der Waals surface area contributed by atoms with E-state index in [4.69, 9.17) is 26.8 Å². The Bertz CT molecular complexity index is 307. The molecule has 0 bridgehead atoms. The molecule has 96 valence electrons. The second-order valence-electron chi connectivity index (χ2n) is 3.77. The van der Waals surface area contributed by atoms with Crippen LogP contribution in [0.15, 0.2) is 24.3 Å². The quantitative estimate of drug-likeness (QED) is 0.692. The van der Waals surface area contributed by atoms with E-state index < -0.39 is 0 Å². The second kappa shape index (κ2) is 9.28. The summed E-state index contributed by atoms with van der Waals surface area (Å²) < 4.78 is 10.9. The lowest BCUT2D eigenvalue weighted by molar-refractivity contribution is 0.0972. The van der Waals surface area contributed by atoms with Crippen LogP contribution in [0.1, 0.15) is 19.3 Å². The van der Waals surface area contributed by atoms with Gasteiger partial charge in [-0.3, -0.25) is 0 Å². The van der Waals surface area contributed by atoms with Gasteiger partial charge in [-0.2, -0.15) is 0 Å². The van der Waals surface area contributed by atoms with Crippen LogP contribution in [0.2, 0.25) is 5.02 Å². The Labute approximate surface area is 108 Å². The molecule has 17 heavy (non-hydrogen) atoms. The number of rotatable bonds is 9. The van der Waals surface area contributed by atoms with Gasteiger partial charge in [0, 0.05) is 11.6 Å². The van der Waals surface area contributed by atoms with Crippen LogP contribution in [0.4, 0.5) is 0 Å². The van der Waals surface area contributed by atoms with Crippen LogP contribution in [0, 0.1) is 0 Å². The standard InChI is InChI=1S/C13H20ClNO2/c14-12-5-4-6-13(11-12)17-10-9-16-8-3-1-2-7-15/h4-6,11H,1-3,7-10,15H2. The zero-order valence-electron chi connectivity index (χ0n) is 10.0. The fraction of sp³-hybridized carbons (Fsp3) is 0.538. The number of benzene rings is 1. The van der Waals surface area contributed by atoms with Gasteiger partial charge in [0.1, 0.15) is 12.4 Å². The number of halogens is 1. The van der Waals surface area contributed by atoms with Crippen molar-refractivity contribution in [2.45, 2.75) is 19.3 Å². The third-order valence-corrected chi connectivity index (χ3v) is 2.52. The van der Waals surface area contributed by atoms with Crippen molar-refractivity contribution in [2.24, 2.45) is 5.73 Å². The molecule has 0 saturated carbocycles. The Morgan fingerprint density at radius 3 is 2.71 bits per heavy atom. The molecule has 0 aromatic heterocycles. The molecule has 2 N–H and O–H groups in total. The minimum Gasteiger partial charge on any atom is -0.491 e. The average molecular weight is 258 g/mol. The average Bonchev–Trinajstić information content (AvgIpc) is 2.33. The zero-order valence-corrected chi connectivity index (χ0v) is 10.8. The molecule has 0 heterocycles. The van der Waals surface area contributed by atoms with Crippen molar-refractivity contribution >= 4 is 11.6 Å². The highest BCUT2D eigenvalue weighted by atomic mass is 35.5. The fourth-order valence-corrected chi connectivity index (χ4v) is 1.58. The number of unbranched alkanes of at least 4 members (excludes halogenated alkanes) is 2. The molecule has 0 atom stereocenters. The van der Waals surface area contributed by atoms with E-state index in [-0.39, 0.29) is 0 Å². The molecule has 0 fully saturated rings. The Morgan fingerprint density at radius 2 is 1.94 bits per heavy atom. The first-order chi connectivity index (χ1) is 8.33. The van der Waals surface area contributed by atoms with Crippen molar-refractivity contribution in [1.29, 1.82) is 0 Å². The van der Waals surface area contributed by atoms with Crippen LogP contribution in [0.3, 0.4) is 0 Å². The molecule has 0 aliphatic rings. The van der Waals surface area contributed by atoms with E-state index in [2.05, 4.69) is 0 Å². The van der Waals surface area contributed by atoms with Gasteiger partial charge in [0.25, 0.3) is 0 Å². The van der Waals surface area contributed by atoms with E-state index in [1.807, 2.05) is 18.2 Å². The van der Waals surface area contributed by atoms with Gasteiger partial charge in [0.15, 0.2) is 0 Å². The first-order valence-corrected chi connectivity index (χ1v) is 6.37. The van der Waals surface area contributed by atoms with Crippen LogP contribution in [0.25, 0.3) is 0 Å². The van der Waals surface area contributed by atoms with Crippen molar-refractivity contribution in [1.82, 2.24) is 0 Å². The molecule has 4 heteroatoms. The summed E-state index contributed by atoms with van der Waals surface area (Å²) in [5.74, 6) is 0.782. The Morgan fingerprint density at radius 1 is 1.06 bits per heavy atom. The predicted octanol–water partition coefficient (Wildman–Crippen LogP) is 2.86. The largest absolute Gasteiger partial charge is 0.491 e. The number of hydrogen-bond acceptors (Lipinski definition) is 3. The third-order valence-electron chi connectivity index (χ3n) is 2.29. The molecule has 0 unspecified atom stereocenters. The van der Waals surface area contributed by atoms with Crippen molar-refractivity contribution in [3.8, 4) is 5.75 Å². The molecule has 0 aliphatic heterocycles. The summed E-state index contributed by atoms with van der Waals surface area (Å²) in [4.78, 5) is 0. The predicted molar refractivity (Wildman–Crippen MR) is 70.7 cm³/mol. The molecule has 0 amide bonds. The lowest BCUT2D eigenvalue weighted by Gasteiger charge is -2.07. The molecule has 0 radical (unpaired) electrons. The maximum Gasteiger partial charge on any atom is 0.120 e. The van der Waals surface area contributed by atoms with Crippen LogP contribution in [-0.2, 0) is 4.74 Å². The minimum absolute atomic E-state index is 0.553. The molecule has 1 aromatic carbocycles. The third kappa shape index (κ3) is 7.21. The Balaban J connectivity index is 1.97. The first-order valence-electron chi connectivity index (χ1n) is 5.99. The highest BCUT2D eigenvalue weighted by molar-refractivity contribution is 6.30.